The monoisotopic (exact) mass is 224 g/mol. The van der Waals surface area contributed by atoms with Crippen LogP contribution in [0.15, 0.2) is 18.2 Å². The van der Waals surface area contributed by atoms with Gasteiger partial charge in [-0.15, -0.1) is 0 Å². The molecule has 0 heterocycles. The third-order valence-corrected chi connectivity index (χ3v) is 2.06. The van der Waals surface area contributed by atoms with E-state index in [1.165, 1.54) is 13.2 Å². The molecule has 0 saturated heterocycles. The van der Waals surface area contributed by atoms with Crippen molar-refractivity contribution in [1.82, 2.24) is 0 Å². The summed E-state index contributed by atoms with van der Waals surface area (Å²) in [4.78, 5) is 10.7. The van der Waals surface area contributed by atoms with Crippen molar-refractivity contribution in [2.45, 2.75) is 6.42 Å². The van der Waals surface area contributed by atoms with Crippen LogP contribution in [0.5, 0.6) is 5.75 Å². The van der Waals surface area contributed by atoms with Crippen LogP contribution < -0.4 is 0 Å². The molecule has 0 amide bonds. The second-order valence-corrected chi connectivity index (χ2v) is 3.07. The van der Waals surface area contributed by atoms with Gasteiger partial charge in [0, 0.05) is 5.56 Å². The second kappa shape index (κ2) is 5.28. The van der Waals surface area contributed by atoms with Gasteiger partial charge in [-0.1, -0.05) is 29.5 Å². The third-order valence-electron chi connectivity index (χ3n) is 1.66. The van der Waals surface area contributed by atoms with E-state index in [4.69, 9.17) is 11.6 Å². The van der Waals surface area contributed by atoms with E-state index < -0.39 is 5.97 Å². The fourth-order valence-corrected chi connectivity index (χ4v) is 1.07. The molecule has 0 aliphatic heterocycles. The summed E-state index contributed by atoms with van der Waals surface area (Å²) in [6, 6.07) is 4.75. The first kappa shape index (κ1) is 11.4. The summed E-state index contributed by atoms with van der Waals surface area (Å²) >= 11 is 5.77. The van der Waals surface area contributed by atoms with Gasteiger partial charge in [0.1, 0.15) is 12.2 Å². The van der Waals surface area contributed by atoms with E-state index in [9.17, 15) is 9.90 Å². The van der Waals surface area contributed by atoms with Crippen LogP contribution in [0.1, 0.15) is 12.0 Å². The fourth-order valence-electron chi connectivity index (χ4n) is 0.900. The Kier molecular flexibility index (Phi) is 4.02. The number of hydrogen-bond donors (Lipinski definition) is 1. The Morgan fingerprint density at radius 2 is 2.33 bits per heavy atom. The van der Waals surface area contributed by atoms with Gasteiger partial charge in [-0.05, 0) is 12.1 Å². The number of ether oxygens (including phenoxy) is 1. The van der Waals surface area contributed by atoms with Crippen molar-refractivity contribution in [1.29, 1.82) is 0 Å². The minimum atomic E-state index is -0.404. The molecule has 1 rings (SSSR count). The quantitative estimate of drug-likeness (QED) is 0.586. The molecule has 1 aromatic carbocycles. The first-order valence-electron chi connectivity index (χ1n) is 4.18. The third kappa shape index (κ3) is 3.19. The van der Waals surface area contributed by atoms with Crippen LogP contribution >= 0.6 is 11.6 Å². The Bertz CT molecular complexity index is 429. The molecule has 0 radical (unpaired) electrons. The zero-order valence-electron chi connectivity index (χ0n) is 8.08. The number of methoxy groups -OCH3 is 1. The van der Waals surface area contributed by atoms with Crippen LogP contribution in [-0.4, -0.2) is 18.2 Å². The highest BCUT2D eigenvalue weighted by Crippen LogP contribution is 2.25. The van der Waals surface area contributed by atoms with E-state index in [1.54, 1.807) is 12.1 Å². The highest BCUT2D eigenvalue weighted by atomic mass is 35.5. The molecule has 0 saturated carbocycles. The van der Waals surface area contributed by atoms with Crippen LogP contribution in [0.3, 0.4) is 0 Å². The molecule has 3 nitrogen and oxygen atoms in total. The summed E-state index contributed by atoms with van der Waals surface area (Å²) in [5.41, 5.74) is 0.487. The molecule has 0 fully saturated rings. The van der Waals surface area contributed by atoms with E-state index in [2.05, 4.69) is 16.6 Å². The smallest absolute Gasteiger partial charge is 0.317 e. The topological polar surface area (TPSA) is 46.5 Å². The number of benzene rings is 1. The summed E-state index contributed by atoms with van der Waals surface area (Å²) < 4.78 is 4.42. The second-order valence-electron chi connectivity index (χ2n) is 2.69. The van der Waals surface area contributed by atoms with Gasteiger partial charge in [-0.2, -0.15) is 0 Å². The van der Waals surface area contributed by atoms with Crippen LogP contribution in [0.2, 0.25) is 5.02 Å². The maximum Gasteiger partial charge on any atom is 0.317 e. The van der Waals surface area contributed by atoms with Gasteiger partial charge in [0.2, 0.25) is 0 Å². The van der Waals surface area contributed by atoms with Crippen molar-refractivity contribution in [2.75, 3.05) is 7.11 Å². The van der Waals surface area contributed by atoms with Crippen molar-refractivity contribution in [3.8, 4) is 17.6 Å². The first-order valence-corrected chi connectivity index (χ1v) is 4.56. The summed E-state index contributed by atoms with van der Waals surface area (Å²) in [6.45, 7) is 0. The molecule has 4 heteroatoms. The molecule has 1 aromatic rings. The largest absolute Gasteiger partial charge is 0.506 e. The molecule has 0 bridgehead atoms. The maximum atomic E-state index is 10.7. The number of aromatic hydroxyl groups is 1. The molecular formula is C11H9ClO3. The number of hydrogen-bond acceptors (Lipinski definition) is 3. The average Bonchev–Trinajstić information content (AvgIpc) is 2.24. The van der Waals surface area contributed by atoms with Gasteiger partial charge in [0.25, 0.3) is 0 Å². The van der Waals surface area contributed by atoms with Crippen molar-refractivity contribution in [3.63, 3.8) is 0 Å². The number of esters is 1. The molecule has 78 valence electrons. The zero-order chi connectivity index (χ0) is 11.3. The minimum absolute atomic E-state index is 0.00247. The lowest BCUT2D eigenvalue weighted by molar-refractivity contribution is -0.139. The SMILES string of the molecule is COC(=O)CC#Cc1cccc(O)c1Cl. The van der Waals surface area contributed by atoms with E-state index in [0.29, 0.717) is 5.56 Å². The number of rotatable bonds is 1. The molecule has 0 unspecified atom stereocenters. The number of carbonyl (C=O) groups excluding carboxylic acids is 1. The van der Waals surface area contributed by atoms with E-state index in [1.807, 2.05) is 0 Å². The summed E-state index contributed by atoms with van der Waals surface area (Å²) in [5, 5.41) is 9.45. The van der Waals surface area contributed by atoms with Crippen LogP contribution in [0.25, 0.3) is 0 Å². The van der Waals surface area contributed by atoms with Gasteiger partial charge in [0.05, 0.1) is 12.1 Å². The van der Waals surface area contributed by atoms with Gasteiger partial charge in [0.15, 0.2) is 0 Å². The summed E-state index contributed by atoms with van der Waals surface area (Å²) in [7, 11) is 1.30. The summed E-state index contributed by atoms with van der Waals surface area (Å²) in [6.07, 6.45) is 0.00247. The van der Waals surface area contributed by atoms with Crippen molar-refractivity contribution >= 4 is 17.6 Å². The molecule has 1 N–H and O–H groups in total. The highest BCUT2D eigenvalue weighted by molar-refractivity contribution is 6.33. The lowest BCUT2D eigenvalue weighted by atomic mass is 10.2. The molecule has 15 heavy (non-hydrogen) atoms. The predicted molar refractivity (Wildman–Crippen MR) is 56.6 cm³/mol. The Balaban J connectivity index is 2.80. The predicted octanol–water partition coefficient (Wildman–Crippen LogP) is 1.96. The Hall–Kier alpha value is -1.66. The number of carbonyl (C=O) groups is 1. The van der Waals surface area contributed by atoms with E-state index >= 15 is 0 Å². The fraction of sp³-hybridized carbons (Fsp3) is 0.182. The van der Waals surface area contributed by atoms with E-state index in [0.717, 1.165) is 0 Å². The molecule has 0 aromatic heterocycles. The molecule has 0 atom stereocenters. The molecule has 0 aliphatic rings. The van der Waals surface area contributed by atoms with Crippen LogP contribution in [0, 0.1) is 11.8 Å². The van der Waals surface area contributed by atoms with E-state index in [-0.39, 0.29) is 17.2 Å². The highest BCUT2D eigenvalue weighted by Gasteiger charge is 2.01. The van der Waals surface area contributed by atoms with Crippen LogP contribution in [-0.2, 0) is 9.53 Å². The zero-order valence-corrected chi connectivity index (χ0v) is 8.84. The minimum Gasteiger partial charge on any atom is -0.506 e. The maximum absolute atomic E-state index is 10.7. The molecule has 0 spiro atoms. The van der Waals surface area contributed by atoms with Gasteiger partial charge >= 0.3 is 5.97 Å². The normalized spacial score (nSPS) is 8.93. The average molecular weight is 225 g/mol. The van der Waals surface area contributed by atoms with Gasteiger partial charge in [-0.3, -0.25) is 4.79 Å². The number of halogens is 1. The first-order chi connectivity index (χ1) is 7.15. The Morgan fingerprint density at radius 3 is 3.00 bits per heavy atom. The van der Waals surface area contributed by atoms with Gasteiger partial charge < -0.3 is 9.84 Å². The standard InChI is InChI=1S/C11H9ClO3/c1-15-10(14)7-3-5-8-4-2-6-9(13)11(8)12/h2,4,6,13H,7H2,1H3. The Labute approximate surface area is 92.6 Å². The molecular weight excluding hydrogens is 216 g/mol. The lowest BCUT2D eigenvalue weighted by Gasteiger charge is -1.97. The number of phenolic OH excluding ortho intramolecular Hbond substituents is 1. The van der Waals surface area contributed by atoms with Gasteiger partial charge in [-0.25, -0.2) is 0 Å². The van der Waals surface area contributed by atoms with Crippen molar-refractivity contribution in [2.24, 2.45) is 0 Å². The number of phenols is 1. The molecule has 0 aliphatic carbocycles. The van der Waals surface area contributed by atoms with Crippen molar-refractivity contribution < 1.29 is 14.6 Å². The lowest BCUT2D eigenvalue weighted by Crippen LogP contribution is -1.97. The Morgan fingerprint density at radius 1 is 1.60 bits per heavy atom. The van der Waals surface area contributed by atoms with Crippen LogP contribution in [0.4, 0.5) is 0 Å². The van der Waals surface area contributed by atoms with Crippen molar-refractivity contribution in [3.05, 3.63) is 28.8 Å². The summed E-state index contributed by atoms with van der Waals surface area (Å²) in [5.74, 6) is 4.85.